The first kappa shape index (κ1) is 8.89. The Kier molecular flexibility index (Phi) is 2.39. The average Bonchev–Trinajstić information content (AvgIpc) is 2.95. The Hall–Kier alpha value is 0.310. The zero-order valence-corrected chi connectivity index (χ0v) is 8.82. The van der Waals surface area contributed by atoms with Crippen LogP contribution < -0.4 is 0 Å². The summed E-state index contributed by atoms with van der Waals surface area (Å²) in [6.07, 6.45) is 5.71. The van der Waals surface area contributed by atoms with E-state index < -0.39 is 0 Å². The van der Waals surface area contributed by atoms with Crippen LogP contribution in [0.1, 0.15) is 32.6 Å². The molecule has 0 radical (unpaired) electrons. The van der Waals surface area contributed by atoms with E-state index in [9.17, 15) is 0 Å². The van der Waals surface area contributed by atoms with Crippen molar-refractivity contribution in [3.63, 3.8) is 0 Å². The summed E-state index contributed by atoms with van der Waals surface area (Å²) in [7, 11) is 0. The minimum absolute atomic E-state index is 0.627. The molecule has 2 heteroatoms. The lowest BCUT2D eigenvalue weighted by molar-refractivity contribution is 0.232. The Balaban J connectivity index is 1.82. The highest BCUT2D eigenvalue weighted by atomic mass is 32.1. The van der Waals surface area contributed by atoms with Crippen LogP contribution in [0.4, 0.5) is 0 Å². The van der Waals surface area contributed by atoms with E-state index in [1.165, 1.54) is 38.8 Å². The highest BCUT2D eigenvalue weighted by Gasteiger charge is 2.44. The van der Waals surface area contributed by atoms with Gasteiger partial charge in [0.1, 0.15) is 0 Å². The van der Waals surface area contributed by atoms with Gasteiger partial charge in [0.15, 0.2) is 0 Å². The molecule has 2 fully saturated rings. The number of thiol groups is 1. The number of hydrogen-bond acceptors (Lipinski definition) is 2. The minimum Gasteiger partial charge on any atom is -0.300 e. The maximum Gasteiger partial charge on any atom is 0.00965 e. The van der Waals surface area contributed by atoms with Gasteiger partial charge in [-0.15, -0.1) is 0 Å². The summed E-state index contributed by atoms with van der Waals surface area (Å²) in [5.74, 6) is 1.09. The molecule has 0 spiro atoms. The monoisotopic (exact) mass is 185 g/mol. The molecule has 0 bridgehead atoms. The number of rotatable bonds is 5. The van der Waals surface area contributed by atoms with Crippen molar-refractivity contribution in [3.8, 4) is 0 Å². The second kappa shape index (κ2) is 3.22. The molecule has 2 aliphatic rings. The Labute approximate surface area is 80.9 Å². The van der Waals surface area contributed by atoms with Crippen LogP contribution in [-0.2, 0) is 0 Å². The summed E-state index contributed by atoms with van der Waals surface area (Å²) in [5.41, 5.74) is 0.627. The molecular formula is C10H19NS. The predicted molar refractivity (Wildman–Crippen MR) is 55.8 cm³/mol. The number of nitrogens with zero attached hydrogens (tertiary/aromatic N) is 1. The van der Waals surface area contributed by atoms with Gasteiger partial charge in [0.2, 0.25) is 0 Å². The van der Waals surface area contributed by atoms with E-state index in [-0.39, 0.29) is 0 Å². The van der Waals surface area contributed by atoms with E-state index in [0.29, 0.717) is 5.41 Å². The third-order valence-electron chi connectivity index (χ3n) is 3.30. The van der Waals surface area contributed by atoms with Crippen LogP contribution in [0, 0.1) is 5.41 Å². The first-order valence-corrected chi connectivity index (χ1v) is 5.78. The van der Waals surface area contributed by atoms with E-state index in [1.807, 2.05) is 0 Å². The maximum absolute atomic E-state index is 4.44. The standard InChI is InChI=1S/C10H19NS/c1-2-11(9-3-4-9)7-10(8-12)5-6-10/h9,12H,2-8H2,1H3. The van der Waals surface area contributed by atoms with Gasteiger partial charge in [-0.2, -0.15) is 12.6 Å². The van der Waals surface area contributed by atoms with Gasteiger partial charge in [0, 0.05) is 12.6 Å². The molecule has 0 N–H and O–H groups in total. The fourth-order valence-electron chi connectivity index (χ4n) is 1.91. The van der Waals surface area contributed by atoms with Gasteiger partial charge in [0.25, 0.3) is 0 Å². The zero-order valence-electron chi connectivity index (χ0n) is 7.92. The van der Waals surface area contributed by atoms with Crippen molar-refractivity contribution >= 4 is 12.6 Å². The van der Waals surface area contributed by atoms with Gasteiger partial charge in [0.05, 0.1) is 0 Å². The van der Waals surface area contributed by atoms with Crippen molar-refractivity contribution in [2.24, 2.45) is 5.41 Å². The highest BCUT2D eigenvalue weighted by Crippen LogP contribution is 2.48. The zero-order chi connectivity index (χ0) is 8.60. The smallest absolute Gasteiger partial charge is 0.00965 e. The topological polar surface area (TPSA) is 3.24 Å². The molecule has 0 saturated heterocycles. The average molecular weight is 185 g/mol. The molecule has 0 amide bonds. The van der Waals surface area contributed by atoms with Gasteiger partial charge in [-0.05, 0) is 43.4 Å². The summed E-state index contributed by atoms with van der Waals surface area (Å²) in [4.78, 5) is 2.66. The van der Waals surface area contributed by atoms with Crippen molar-refractivity contribution in [2.75, 3.05) is 18.8 Å². The van der Waals surface area contributed by atoms with Crippen LogP contribution in [0.25, 0.3) is 0 Å². The van der Waals surface area contributed by atoms with Gasteiger partial charge in [-0.3, -0.25) is 0 Å². The molecule has 0 aromatic rings. The summed E-state index contributed by atoms with van der Waals surface area (Å²) in [6.45, 7) is 4.84. The lowest BCUT2D eigenvalue weighted by Gasteiger charge is -2.24. The van der Waals surface area contributed by atoms with Crippen molar-refractivity contribution in [1.82, 2.24) is 4.90 Å². The molecule has 12 heavy (non-hydrogen) atoms. The number of hydrogen-bond donors (Lipinski definition) is 1. The predicted octanol–water partition coefficient (Wildman–Crippen LogP) is 2.18. The fourth-order valence-corrected chi connectivity index (χ4v) is 2.33. The molecule has 0 unspecified atom stereocenters. The Bertz CT molecular complexity index is 161. The Morgan fingerprint density at radius 3 is 2.42 bits per heavy atom. The lowest BCUT2D eigenvalue weighted by atomic mass is 10.1. The van der Waals surface area contributed by atoms with Crippen LogP contribution in [-0.4, -0.2) is 29.8 Å². The maximum atomic E-state index is 4.44. The fraction of sp³-hybridized carbons (Fsp3) is 1.00. The van der Waals surface area contributed by atoms with Crippen LogP contribution in [0.15, 0.2) is 0 Å². The SMILES string of the molecule is CCN(CC1(CS)CC1)C1CC1. The quantitative estimate of drug-likeness (QED) is 0.643. The molecule has 0 heterocycles. The van der Waals surface area contributed by atoms with E-state index in [1.54, 1.807) is 0 Å². The van der Waals surface area contributed by atoms with E-state index in [4.69, 9.17) is 0 Å². The normalized spacial score (nSPS) is 26.2. The van der Waals surface area contributed by atoms with Crippen LogP contribution >= 0.6 is 12.6 Å². The van der Waals surface area contributed by atoms with Crippen LogP contribution in [0.2, 0.25) is 0 Å². The minimum atomic E-state index is 0.627. The molecule has 1 nitrogen and oxygen atoms in total. The van der Waals surface area contributed by atoms with Crippen molar-refractivity contribution in [1.29, 1.82) is 0 Å². The largest absolute Gasteiger partial charge is 0.300 e. The van der Waals surface area contributed by atoms with Crippen molar-refractivity contribution < 1.29 is 0 Å². The summed E-state index contributed by atoms with van der Waals surface area (Å²) < 4.78 is 0. The first-order chi connectivity index (χ1) is 5.79. The Morgan fingerprint density at radius 2 is 2.08 bits per heavy atom. The molecular weight excluding hydrogens is 166 g/mol. The van der Waals surface area contributed by atoms with Gasteiger partial charge < -0.3 is 4.90 Å². The molecule has 0 aliphatic heterocycles. The van der Waals surface area contributed by atoms with Crippen LogP contribution in [0.5, 0.6) is 0 Å². The third-order valence-corrected chi connectivity index (χ3v) is 3.97. The molecule has 2 aliphatic carbocycles. The van der Waals surface area contributed by atoms with Gasteiger partial charge in [-0.1, -0.05) is 6.92 Å². The molecule has 0 aromatic carbocycles. The van der Waals surface area contributed by atoms with E-state index in [2.05, 4.69) is 24.5 Å². The van der Waals surface area contributed by atoms with Gasteiger partial charge in [-0.25, -0.2) is 0 Å². The molecule has 2 rings (SSSR count). The molecule has 70 valence electrons. The summed E-state index contributed by atoms with van der Waals surface area (Å²) in [6, 6.07) is 0.937. The Morgan fingerprint density at radius 1 is 1.42 bits per heavy atom. The first-order valence-electron chi connectivity index (χ1n) is 5.14. The molecule has 0 atom stereocenters. The second-order valence-electron chi connectivity index (χ2n) is 4.45. The summed E-state index contributed by atoms with van der Waals surface area (Å²) >= 11 is 4.44. The van der Waals surface area contributed by atoms with E-state index >= 15 is 0 Å². The van der Waals surface area contributed by atoms with Crippen molar-refractivity contribution in [3.05, 3.63) is 0 Å². The highest BCUT2D eigenvalue weighted by molar-refractivity contribution is 7.80. The van der Waals surface area contributed by atoms with Crippen LogP contribution in [0.3, 0.4) is 0 Å². The van der Waals surface area contributed by atoms with E-state index in [0.717, 1.165) is 11.8 Å². The van der Waals surface area contributed by atoms with Gasteiger partial charge >= 0.3 is 0 Å². The third kappa shape index (κ3) is 1.80. The van der Waals surface area contributed by atoms with Crippen molar-refractivity contribution in [2.45, 2.75) is 38.6 Å². The molecule has 2 saturated carbocycles. The lowest BCUT2D eigenvalue weighted by Crippen LogP contribution is -2.33. The second-order valence-corrected chi connectivity index (χ2v) is 4.77. The summed E-state index contributed by atoms with van der Waals surface area (Å²) in [5, 5.41) is 0. The molecule has 0 aromatic heterocycles.